The van der Waals surface area contributed by atoms with Crippen molar-refractivity contribution in [1.29, 1.82) is 0 Å². The van der Waals surface area contributed by atoms with Crippen LogP contribution in [-0.4, -0.2) is 36.2 Å². The molecule has 3 aromatic rings. The first kappa shape index (κ1) is 30.3. The molecule has 9 heteroatoms. The third-order valence-corrected chi connectivity index (χ3v) is 6.04. The highest BCUT2D eigenvalue weighted by molar-refractivity contribution is 6.09. The number of esters is 1. The molecule has 5 nitrogen and oxygen atoms in total. The summed E-state index contributed by atoms with van der Waals surface area (Å²) in [6.45, 7) is 7.32. The SMILES string of the molecule is C=CC(=O)c1ccccc1-c1ccc(C(=O)N(C)Cc2ccc(C(F)(F)F)c(F)c2)c(CC(=O)OCC(C)C)c1. The summed E-state index contributed by atoms with van der Waals surface area (Å²) in [6, 6.07) is 14.1. The second-order valence-electron chi connectivity index (χ2n) is 9.71. The minimum atomic E-state index is -4.83. The van der Waals surface area contributed by atoms with E-state index in [1.165, 1.54) is 24.1 Å². The van der Waals surface area contributed by atoms with Crippen LogP contribution < -0.4 is 0 Å². The van der Waals surface area contributed by atoms with Crippen molar-refractivity contribution in [1.82, 2.24) is 4.90 Å². The smallest absolute Gasteiger partial charge is 0.419 e. The highest BCUT2D eigenvalue weighted by atomic mass is 19.4. The summed E-state index contributed by atoms with van der Waals surface area (Å²) in [4.78, 5) is 39.7. The molecule has 40 heavy (non-hydrogen) atoms. The molecule has 210 valence electrons. The predicted molar refractivity (Wildman–Crippen MR) is 143 cm³/mol. The van der Waals surface area contributed by atoms with E-state index >= 15 is 0 Å². The largest absolute Gasteiger partial charge is 0.465 e. The summed E-state index contributed by atoms with van der Waals surface area (Å²) >= 11 is 0. The number of rotatable bonds is 10. The Hall–Kier alpha value is -4.27. The van der Waals surface area contributed by atoms with Crippen LogP contribution in [-0.2, 0) is 28.7 Å². The Bertz CT molecular complexity index is 1430. The van der Waals surface area contributed by atoms with Crippen molar-refractivity contribution in [2.75, 3.05) is 13.7 Å². The maximum absolute atomic E-state index is 14.1. The first-order chi connectivity index (χ1) is 18.8. The minimum absolute atomic E-state index is 0.100. The average Bonchev–Trinajstić information content (AvgIpc) is 2.90. The number of ether oxygens (including phenoxy) is 1. The average molecular weight is 556 g/mol. The van der Waals surface area contributed by atoms with Crippen molar-refractivity contribution in [3.63, 3.8) is 0 Å². The molecule has 0 aliphatic carbocycles. The molecule has 0 unspecified atom stereocenters. The van der Waals surface area contributed by atoms with E-state index in [0.29, 0.717) is 28.3 Å². The minimum Gasteiger partial charge on any atom is -0.465 e. The summed E-state index contributed by atoms with van der Waals surface area (Å²) in [7, 11) is 1.42. The number of alkyl halides is 3. The molecule has 0 fully saturated rings. The van der Waals surface area contributed by atoms with Gasteiger partial charge in [-0.25, -0.2) is 4.39 Å². The number of benzene rings is 3. The summed E-state index contributed by atoms with van der Waals surface area (Å²) in [6.07, 6.45) is -3.87. The third kappa shape index (κ3) is 7.43. The van der Waals surface area contributed by atoms with Crippen LogP contribution in [0.1, 0.15) is 51.3 Å². The van der Waals surface area contributed by atoms with Crippen LogP contribution in [0, 0.1) is 11.7 Å². The Morgan fingerprint density at radius 3 is 2.33 bits per heavy atom. The van der Waals surface area contributed by atoms with Crippen molar-refractivity contribution in [2.45, 2.75) is 33.0 Å². The Morgan fingerprint density at radius 2 is 1.70 bits per heavy atom. The summed E-state index contributed by atoms with van der Waals surface area (Å²) < 4.78 is 58.1. The van der Waals surface area contributed by atoms with Crippen LogP contribution in [0.25, 0.3) is 11.1 Å². The Labute approximate surface area is 230 Å². The fraction of sp³-hybridized carbons (Fsp3) is 0.258. The molecule has 0 spiro atoms. The number of nitrogens with zero attached hydrogens (tertiary/aromatic N) is 1. The highest BCUT2D eigenvalue weighted by Crippen LogP contribution is 2.32. The molecular weight excluding hydrogens is 526 g/mol. The van der Waals surface area contributed by atoms with Gasteiger partial charge in [0.15, 0.2) is 5.78 Å². The van der Waals surface area contributed by atoms with E-state index in [-0.39, 0.29) is 42.4 Å². The molecule has 0 saturated heterocycles. The standard InChI is InChI=1S/C31H29F4NO4/c1-5-28(37)25-9-7-6-8-23(25)21-11-12-24(22(15-21)16-29(38)40-18-19(2)3)30(39)36(4)17-20-10-13-26(27(32)14-20)31(33,34)35/h5-15,19H,1,16-18H2,2-4H3. The third-order valence-electron chi connectivity index (χ3n) is 6.04. The van der Waals surface area contributed by atoms with Crippen molar-refractivity contribution in [3.05, 3.63) is 107 Å². The fourth-order valence-corrected chi connectivity index (χ4v) is 4.08. The second kappa shape index (κ2) is 12.7. The zero-order valence-corrected chi connectivity index (χ0v) is 22.3. The van der Waals surface area contributed by atoms with Gasteiger partial charge in [-0.3, -0.25) is 14.4 Å². The number of allylic oxidation sites excluding steroid dienone is 1. The van der Waals surface area contributed by atoms with Crippen LogP contribution in [0.5, 0.6) is 0 Å². The topological polar surface area (TPSA) is 63.7 Å². The van der Waals surface area contributed by atoms with Gasteiger partial charge in [-0.15, -0.1) is 0 Å². The number of halogens is 4. The van der Waals surface area contributed by atoms with Gasteiger partial charge in [0.1, 0.15) is 5.82 Å². The highest BCUT2D eigenvalue weighted by Gasteiger charge is 2.34. The molecular formula is C31H29F4NO4. The molecule has 0 aromatic heterocycles. The van der Waals surface area contributed by atoms with E-state index in [4.69, 9.17) is 4.74 Å². The van der Waals surface area contributed by atoms with Gasteiger partial charge in [0.2, 0.25) is 0 Å². The molecule has 0 aliphatic heterocycles. The number of carbonyl (C=O) groups excluding carboxylic acids is 3. The van der Waals surface area contributed by atoms with Crippen LogP contribution in [0.2, 0.25) is 0 Å². The van der Waals surface area contributed by atoms with Gasteiger partial charge < -0.3 is 9.64 Å². The summed E-state index contributed by atoms with van der Waals surface area (Å²) in [5.74, 6) is -2.71. The maximum Gasteiger partial charge on any atom is 0.419 e. The monoisotopic (exact) mass is 555 g/mol. The second-order valence-corrected chi connectivity index (χ2v) is 9.71. The Morgan fingerprint density at radius 1 is 1.00 bits per heavy atom. The normalized spacial score (nSPS) is 11.3. The summed E-state index contributed by atoms with van der Waals surface area (Å²) in [5, 5.41) is 0. The quantitative estimate of drug-likeness (QED) is 0.118. The zero-order valence-electron chi connectivity index (χ0n) is 22.3. The molecule has 0 atom stereocenters. The lowest BCUT2D eigenvalue weighted by atomic mass is 9.92. The van der Waals surface area contributed by atoms with Crippen molar-refractivity contribution in [3.8, 4) is 11.1 Å². The first-order valence-corrected chi connectivity index (χ1v) is 12.5. The van der Waals surface area contributed by atoms with Crippen molar-refractivity contribution >= 4 is 17.7 Å². The number of carbonyl (C=O) groups is 3. The van der Waals surface area contributed by atoms with Gasteiger partial charge in [-0.05, 0) is 58.5 Å². The molecule has 0 heterocycles. The van der Waals surface area contributed by atoms with E-state index < -0.39 is 29.4 Å². The van der Waals surface area contributed by atoms with Crippen molar-refractivity contribution in [2.24, 2.45) is 5.92 Å². The molecule has 0 N–H and O–H groups in total. The lowest BCUT2D eigenvalue weighted by Crippen LogP contribution is -2.28. The van der Waals surface area contributed by atoms with Gasteiger partial charge in [-0.1, -0.05) is 56.8 Å². The summed E-state index contributed by atoms with van der Waals surface area (Å²) in [5.41, 5.74) is 0.825. The molecule has 0 radical (unpaired) electrons. The zero-order chi connectivity index (χ0) is 29.6. The van der Waals surface area contributed by atoms with E-state index in [1.807, 2.05) is 13.8 Å². The van der Waals surface area contributed by atoms with Crippen molar-refractivity contribution < 1.29 is 36.7 Å². The van der Waals surface area contributed by atoms with E-state index in [2.05, 4.69) is 6.58 Å². The van der Waals surface area contributed by atoms with Gasteiger partial charge in [0.25, 0.3) is 5.91 Å². The van der Waals surface area contributed by atoms with Gasteiger partial charge in [0.05, 0.1) is 18.6 Å². The molecule has 0 aliphatic rings. The van der Waals surface area contributed by atoms with Crippen LogP contribution in [0.4, 0.5) is 17.6 Å². The van der Waals surface area contributed by atoms with Crippen LogP contribution in [0.3, 0.4) is 0 Å². The molecule has 0 bridgehead atoms. The van der Waals surface area contributed by atoms with Gasteiger partial charge >= 0.3 is 12.1 Å². The lowest BCUT2D eigenvalue weighted by molar-refractivity contribution is -0.144. The van der Waals surface area contributed by atoms with Crippen LogP contribution >= 0.6 is 0 Å². The van der Waals surface area contributed by atoms with E-state index in [0.717, 1.165) is 12.1 Å². The van der Waals surface area contributed by atoms with Crippen LogP contribution in [0.15, 0.2) is 73.3 Å². The molecule has 3 aromatic carbocycles. The molecule has 3 rings (SSSR count). The van der Waals surface area contributed by atoms with E-state index in [1.54, 1.807) is 36.4 Å². The lowest BCUT2D eigenvalue weighted by Gasteiger charge is -2.21. The number of hydrogen-bond donors (Lipinski definition) is 0. The number of ketones is 1. The van der Waals surface area contributed by atoms with E-state index in [9.17, 15) is 31.9 Å². The fourth-order valence-electron chi connectivity index (χ4n) is 4.08. The van der Waals surface area contributed by atoms with Gasteiger partial charge in [-0.2, -0.15) is 13.2 Å². The molecule has 0 saturated carbocycles. The predicted octanol–water partition coefficient (Wildman–Crippen LogP) is 6.89. The maximum atomic E-state index is 14.1. The number of hydrogen-bond acceptors (Lipinski definition) is 4. The first-order valence-electron chi connectivity index (χ1n) is 12.5. The van der Waals surface area contributed by atoms with Gasteiger partial charge in [0, 0.05) is 24.7 Å². The number of amides is 1. The Balaban J connectivity index is 1.97. The molecule has 1 amide bonds. The Kier molecular flexibility index (Phi) is 9.63.